The van der Waals surface area contributed by atoms with Crippen molar-refractivity contribution in [2.24, 2.45) is 0 Å². The van der Waals surface area contributed by atoms with E-state index in [2.05, 4.69) is 20.3 Å². The van der Waals surface area contributed by atoms with Crippen LogP contribution in [0.4, 0.5) is 0 Å². The highest BCUT2D eigenvalue weighted by Crippen LogP contribution is 2.32. The molecule has 0 saturated heterocycles. The van der Waals surface area contributed by atoms with Crippen LogP contribution in [0.2, 0.25) is 0 Å². The minimum absolute atomic E-state index is 0.0470. The lowest BCUT2D eigenvalue weighted by Crippen LogP contribution is -2.10. The van der Waals surface area contributed by atoms with Gasteiger partial charge in [0.2, 0.25) is 0 Å². The molecule has 3 heterocycles. The van der Waals surface area contributed by atoms with Gasteiger partial charge in [-0.2, -0.15) is 4.98 Å². The van der Waals surface area contributed by atoms with Crippen LogP contribution in [0.3, 0.4) is 0 Å². The van der Waals surface area contributed by atoms with Crippen LogP contribution >= 0.6 is 0 Å². The summed E-state index contributed by atoms with van der Waals surface area (Å²) in [6.07, 6.45) is 0. The molecule has 8 aromatic rings. The molecular formula is C40H30N6O7. The summed E-state index contributed by atoms with van der Waals surface area (Å²) in [5.41, 5.74) is 8.29. The Balaban J connectivity index is 1.03. The summed E-state index contributed by atoms with van der Waals surface area (Å²) >= 11 is 0. The van der Waals surface area contributed by atoms with E-state index in [-0.39, 0.29) is 6.61 Å². The normalized spacial score (nSPS) is 11.2. The summed E-state index contributed by atoms with van der Waals surface area (Å²) in [6, 6.07) is 36.4. The molecule has 0 bridgehead atoms. The number of nitrogens with one attached hydrogen (secondary N) is 2. The van der Waals surface area contributed by atoms with Gasteiger partial charge in [0.25, 0.3) is 6.01 Å². The molecular weight excluding hydrogens is 676 g/mol. The number of benzene rings is 5. The number of aromatic nitrogens is 6. The van der Waals surface area contributed by atoms with Gasteiger partial charge in [0.1, 0.15) is 6.61 Å². The molecule has 0 unspecified atom stereocenters. The van der Waals surface area contributed by atoms with Crippen molar-refractivity contribution >= 4 is 17.0 Å². The molecule has 5 aromatic carbocycles. The second-order valence-electron chi connectivity index (χ2n) is 12.0. The van der Waals surface area contributed by atoms with Gasteiger partial charge in [0, 0.05) is 11.1 Å². The number of aromatic amines is 2. The summed E-state index contributed by atoms with van der Waals surface area (Å²) < 4.78 is 23.1. The van der Waals surface area contributed by atoms with E-state index in [0.717, 1.165) is 44.5 Å². The molecule has 8 rings (SSSR count). The van der Waals surface area contributed by atoms with E-state index in [4.69, 9.17) is 23.5 Å². The van der Waals surface area contributed by atoms with E-state index in [1.165, 1.54) is 0 Å². The summed E-state index contributed by atoms with van der Waals surface area (Å²) in [7, 11) is 0. The van der Waals surface area contributed by atoms with Gasteiger partial charge in [-0.25, -0.2) is 14.4 Å². The smallest absolute Gasteiger partial charge is 0.439 e. The predicted octanol–water partition coefficient (Wildman–Crippen LogP) is 6.86. The molecule has 53 heavy (non-hydrogen) atoms. The number of esters is 1. The Morgan fingerprint density at radius 1 is 0.679 bits per heavy atom. The van der Waals surface area contributed by atoms with Gasteiger partial charge < -0.3 is 9.47 Å². The number of hydrogen-bond acceptors (Lipinski definition) is 10. The molecule has 262 valence electrons. The maximum atomic E-state index is 13.7. The van der Waals surface area contributed by atoms with E-state index in [1.807, 2.05) is 115 Å². The minimum atomic E-state index is -0.627. The second-order valence-corrected chi connectivity index (χ2v) is 12.0. The third kappa shape index (κ3) is 6.66. The first kappa shape index (κ1) is 32.9. The zero-order valence-corrected chi connectivity index (χ0v) is 28.2. The van der Waals surface area contributed by atoms with Crippen LogP contribution in [0.1, 0.15) is 28.4 Å². The predicted molar refractivity (Wildman–Crippen MR) is 195 cm³/mol. The molecule has 0 amide bonds. The fraction of sp³-hybridized carbons (Fsp3) is 0.100. The van der Waals surface area contributed by atoms with Crippen LogP contribution in [-0.4, -0.2) is 42.4 Å². The van der Waals surface area contributed by atoms with E-state index in [0.29, 0.717) is 47.4 Å². The maximum absolute atomic E-state index is 13.7. The average molecular weight is 707 g/mol. The van der Waals surface area contributed by atoms with Gasteiger partial charge in [0.05, 0.1) is 29.7 Å². The van der Waals surface area contributed by atoms with Crippen LogP contribution in [0.15, 0.2) is 134 Å². The molecule has 0 aliphatic carbocycles. The van der Waals surface area contributed by atoms with Crippen molar-refractivity contribution in [3.05, 3.63) is 153 Å². The molecule has 0 atom stereocenters. The molecule has 13 nitrogen and oxygen atoms in total. The fourth-order valence-electron chi connectivity index (χ4n) is 6.27. The topological polar surface area (TPSA) is 171 Å². The molecule has 0 aliphatic heterocycles. The minimum Gasteiger partial charge on any atom is -0.465 e. The zero-order valence-electron chi connectivity index (χ0n) is 28.2. The number of carbonyl (C=O) groups is 1. The number of rotatable bonds is 11. The van der Waals surface area contributed by atoms with Gasteiger partial charge in [-0.1, -0.05) is 113 Å². The Labute approximate surface area is 300 Å². The number of nitrogens with zero attached hydrogens (tertiary/aromatic N) is 4. The number of hydrogen-bond donors (Lipinski definition) is 2. The van der Waals surface area contributed by atoms with Crippen LogP contribution in [-0.2, 0) is 17.9 Å². The molecule has 3 aromatic heterocycles. The lowest BCUT2D eigenvalue weighted by atomic mass is 9.98. The van der Waals surface area contributed by atoms with Gasteiger partial charge in [-0.3, -0.25) is 23.6 Å². The highest BCUT2D eigenvalue weighted by molar-refractivity contribution is 6.02. The number of fused-ring (bicyclic) bond motifs is 1. The number of carbonyl (C=O) groups excluding carboxylic acids is 1. The fourth-order valence-corrected chi connectivity index (χ4v) is 6.27. The maximum Gasteiger partial charge on any atom is 0.439 e. The van der Waals surface area contributed by atoms with E-state index in [9.17, 15) is 14.4 Å². The largest absolute Gasteiger partial charge is 0.465 e. The standard InChI is InChI=1S/C40H30N6O7/c1-2-50-38-41-33-13-7-12-32(37(47)51-23-25-16-20-27(21-17-25)29-9-4-6-11-31(29)36-43-40(49)53-45-36)34(33)46(38)22-24-14-18-26(19-15-24)28-8-3-5-10-30(28)35-42-39(48)52-44-35/h3-21H,2,22-23H2,1H3,(H,42,44,48)(H,43,45,49). The number of imidazole rings is 1. The molecule has 0 aliphatic rings. The lowest BCUT2D eigenvalue weighted by Gasteiger charge is -2.13. The summed E-state index contributed by atoms with van der Waals surface area (Å²) in [6.45, 7) is 2.69. The first-order chi connectivity index (χ1) is 25.9. The highest BCUT2D eigenvalue weighted by atomic mass is 16.5. The molecule has 0 spiro atoms. The van der Waals surface area contributed by atoms with Crippen LogP contribution in [0.5, 0.6) is 6.01 Å². The quantitative estimate of drug-likeness (QED) is 0.135. The van der Waals surface area contributed by atoms with Crippen LogP contribution in [0, 0.1) is 0 Å². The Hall–Kier alpha value is -7.28. The second kappa shape index (κ2) is 14.2. The molecule has 13 heteroatoms. The van der Waals surface area contributed by atoms with Gasteiger partial charge in [-0.05, 0) is 52.4 Å². The van der Waals surface area contributed by atoms with Gasteiger partial charge in [-0.15, -0.1) is 0 Å². The molecule has 0 saturated carbocycles. The van der Waals surface area contributed by atoms with Crippen LogP contribution in [0.25, 0.3) is 56.1 Å². The Morgan fingerprint density at radius 3 is 1.75 bits per heavy atom. The highest BCUT2D eigenvalue weighted by Gasteiger charge is 2.21. The van der Waals surface area contributed by atoms with Crippen molar-refractivity contribution in [3.63, 3.8) is 0 Å². The molecule has 0 radical (unpaired) electrons. The monoisotopic (exact) mass is 706 g/mol. The number of H-pyrrole nitrogens is 2. The summed E-state index contributed by atoms with van der Waals surface area (Å²) in [5, 5.41) is 7.69. The van der Waals surface area contributed by atoms with E-state index >= 15 is 0 Å². The van der Waals surface area contributed by atoms with E-state index in [1.54, 1.807) is 12.1 Å². The van der Waals surface area contributed by atoms with Crippen molar-refractivity contribution in [1.29, 1.82) is 0 Å². The van der Waals surface area contributed by atoms with Crippen molar-refractivity contribution in [3.8, 4) is 51.0 Å². The Bertz CT molecular complexity index is 2680. The van der Waals surface area contributed by atoms with Crippen molar-refractivity contribution in [2.75, 3.05) is 6.61 Å². The average Bonchev–Trinajstić information content (AvgIpc) is 3.93. The number of ether oxygens (including phenoxy) is 2. The molecule has 0 fully saturated rings. The Kier molecular flexibility index (Phi) is 8.78. The van der Waals surface area contributed by atoms with Crippen molar-refractivity contribution in [1.82, 2.24) is 29.8 Å². The summed E-state index contributed by atoms with van der Waals surface area (Å²) in [5.74, 6) is -1.06. The first-order valence-electron chi connectivity index (χ1n) is 16.7. The van der Waals surface area contributed by atoms with Crippen molar-refractivity contribution in [2.45, 2.75) is 20.1 Å². The first-order valence-corrected chi connectivity index (χ1v) is 16.7. The van der Waals surface area contributed by atoms with Gasteiger partial charge in [0.15, 0.2) is 11.6 Å². The number of para-hydroxylation sites is 1. The zero-order chi connectivity index (χ0) is 36.3. The van der Waals surface area contributed by atoms with Gasteiger partial charge >= 0.3 is 17.5 Å². The summed E-state index contributed by atoms with van der Waals surface area (Å²) in [4.78, 5) is 46.7. The van der Waals surface area contributed by atoms with E-state index < -0.39 is 17.5 Å². The third-order valence-corrected chi connectivity index (χ3v) is 8.71. The van der Waals surface area contributed by atoms with Crippen molar-refractivity contribution < 1.29 is 23.3 Å². The Morgan fingerprint density at radius 2 is 1.23 bits per heavy atom. The SMILES string of the molecule is CCOc1nc2cccc(C(=O)OCc3ccc(-c4ccccc4-c4noc(=O)[nH]4)cc3)c2n1Cc1ccc(-c2ccccc2-c2noc(=O)[nH]2)cc1. The third-order valence-electron chi connectivity index (χ3n) is 8.71. The van der Waals surface area contributed by atoms with Crippen LogP contribution < -0.4 is 16.2 Å². The lowest BCUT2D eigenvalue weighted by molar-refractivity contribution is 0.0474. The molecule has 2 N–H and O–H groups in total.